The molecule has 1 unspecified atom stereocenters. The number of hydrogen-bond acceptors (Lipinski definition) is 4. The highest BCUT2D eigenvalue weighted by atomic mass is 32.2. The van der Waals surface area contributed by atoms with E-state index in [4.69, 9.17) is 0 Å². The van der Waals surface area contributed by atoms with Crippen molar-refractivity contribution in [2.24, 2.45) is 5.41 Å². The smallest absolute Gasteiger partial charge is 0.151 e. The maximum absolute atomic E-state index is 11.2. The van der Waals surface area contributed by atoms with Gasteiger partial charge in [-0.3, -0.25) is 0 Å². The van der Waals surface area contributed by atoms with Crippen molar-refractivity contribution >= 4 is 9.84 Å². The van der Waals surface area contributed by atoms with Gasteiger partial charge in [-0.25, -0.2) is 8.42 Å². The van der Waals surface area contributed by atoms with Gasteiger partial charge in [-0.15, -0.1) is 0 Å². The molecule has 0 heterocycles. The summed E-state index contributed by atoms with van der Waals surface area (Å²) in [5.41, 5.74) is 0.0938. The Morgan fingerprint density at radius 3 is 2.31 bits per heavy atom. The maximum atomic E-state index is 11.2. The van der Waals surface area contributed by atoms with E-state index in [-0.39, 0.29) is 16.9 Å². The summed E-state index contributed by atoms with van der Waals surface area (Å²) in [7, 11) is -2.90. The first-order chi connectivity index (χ1) is 7.16. The molecular formula is C11H25NO3S. The summed E-state index contributed by atoms with van der Waals surface area (Å²) < 4.78 is 22.3. The Morgan fingerprint density at radius 2 is 1.88 bits per heavy atom. The van der Waals surface area contributed by atoms with Crippen LogP contribution in [0.15, 0.2) is 0 Å². The molecule has 0 saturated carbocycles. The summed E-state index contributed by atoms with van der Waals surface area (Å²) in [5, 5.41) is 12.6. The van der Waals surface area contributed by atoms with E-state index < -0.39 is 15.9 Å². The van der Waals surface area contributed by atoms with Crippen LogP contribution in [0.5, 0.6) is 0 Å². The van der Waals surface area contributed by atoms with Gasteiger partial charge in [0.05, 0.1) is 11.9 Å². The number of aliphatic hydroxyl groups is 1. The molecule has 0 bridgehead atoms. The van der Waals surface area contributed by atoms with Crippen LogP contribution in [0.1, 0.15) is 34.1 Å². The molecule has 2 N–H and O–H groups in total. The maximum Gasteiger partial charge on any atom is 0.151 e. The van der Waals surface area contributed by atoms with E-state index in [0.29, 0.717) is 19.5 Å². The van der Waals surface area contributed by atoms with E-state index in [1.165, 1.54) is 0 Å². The Bertz CT molecular complexity index is 280. The third kappa shape index (κ3) is 9.12. The highest BCUT2D eigenvalue weighted by molar-refractivity contribution is 7.91. The summed E-state index contributed by atoms with van der Waals surface area (Å²) in [5.74, 6) is 0.324. The molecule has 5 heteroatoms. The summed E-state index contributed by atoms with van der Waals surface area (Å²) in [6.45, 7) is 8.71. The van der Waals surface area contributed by atoms with Gasteiger partial charge in [-0.1, -0.05) is 27.7 Å². The second kappa shape index (κ2) is 6.57. The molecule has 0 saturated heterocycles. The zero-order valence-electron chi connectivity index (χ0n) is 10.8. The summed E-state index contributed by atoms with van der Waals surface area (Å²) in [6.07, 6.45) is 0.296. The van der Waals surface area contributed by atoms with E-state index in [9.17, 15) is 13.5 Å². The molecule has 98 valence electrons. The molecule has 0 amide bonds. The van der Waals surface area contributed by atoms with E-state index >= 15 is 0 Å². The second-order valence-corrected chi connectivity index (χ2v) is 7.83. The van der Waals surface area contributed by atoms with Crippen molar-refractivity contribution in [2.45, 2.75) is 40.2 Å². The molecule has 0 aromatic carbocycles. The van der Waals surface area contributed by atoms with Gasteiger partial charge >= 0.3 is 0 Å². The lowest BCUT2D eigenvalue weighted by molar-refractivity contribution is 0.120. The molecule has 16 heavy (non-hydrogen) atoms. The lowest BCUT2D eigenvalue weighted by Gasteiger charge is -2.22. The molecule has 0 rings (SSSR count). The van der Waals surface area contributed by atoms with Gasteiger partial charge in [0.25, 0.3) is 0 Å². The van der Waals surface area contributed by atoms with E-state index in [1.807, 2.05) is 0 Å². The van der Waals surface area contributed by atoms with Crippen LogP contribution in [0.3, 0.4) is 0 Å². The minimum atomic E-state index is -2.90. The highest BCUT2D eigenvalue weighted by Crippen LogP contribution is 2.20. The molecule has 0 fully saturated rings. The van der Waals surface area contributed by atoms with Crippen LogP contribution in [-0.4, -0.2) is 44.2 Å². The normalized spacial score (nSPS) is 15.1. The quantitative estimate of drug-likeness (QED) is 0.657. The number of sulfone groups is 1. The van der Waals surface area contributed by atoms with Crippen molar-refractivity contribution in [3.05, 3.63) is 0 Å². The largest absolute Gasteiger partial charge is 0.392 e. The average Bonchev–Trinajstić information content (AvgIpc) is 2.10. The van der Waals surface area contributed by atoms with E-state index in [1.54, 1.807) is 6.92 Å². The fourth-order valence-corrected chi connectivity index (χ4v) is 2.16. The van der Waals surface area contributed by atoms with E-state index in [0.717, 1.165) is 0 Å². The first-order valence-corrected chi connectivity index (χ1v) is 7.57. The van der Waals surface area contributed by atoms with Crippen molar-refractivity contribution in [2.75, 3.05) is 24.6 Å². The van der Waals surface area contributed by atoms with Crippen LogP contribution >= 0.6 is 0 Å². The standard InChI is InChI=1S/C11H25NO3S/c1-5-16(14,15)7-6-12-9-10(13)8-11(2,3)4/h10,12-13H,5-9H2,1-4H3. The van der Waals surface area contributed by atoms with Gasteiger partial charge in [-0.2, -0.15) is 0 Å². The summed E-state index contributed by atoms with van der Waals surface area (Å²) in [4.78, 5) is 0. The van der Waals surface area contributed by atoms with Crippen molar-refractivity contribution in [1.82, 2.24) is 5.32 Å². The van der Waals surface area contributed by atoms with Crippen molar-refractivity contribution in [3.8, 4) is 0 Å². The van der Waals surface area contributed by atoms with Gasteiger partial charge in [0.15, 0.2) is 9.84 Å². The monoisotopic (exact) mass is 251 g/mol. The lowest BCUT2D eigenvalue weighted by Crippen LogP contribution is -2.33. The predicted octanol–water partition coefficient (Wildman–Crippen LogP) is 0.808. The summed E-state index contributed by atoms with van der Waals surface area (Å²) >= 11 is 0. The van der Waals surface area contributed by atoms with E-state index in [2.05, 4.69) is 26.1 Å². The number of nitrogens with one attached hydrogen (secondary N) is 1. The lowest BCUT2D eigenvalue weighted by atomic mass is 9.89. The van der Waals surface area contributed by atoms with Crippen LogP contribution in [0.25, 0.3) is 0 Å². The second-order valence-electron chi connectivity index (χ2n) is 5.36. The molecular weight excluding hydrogens is 226 g/mol. The van der Waals surface area contributed by atoms with Crippen LogP contribution in [0.4, 0.5) is 0 Å². The van der Waals surface area contributed by atoms with Crippen LogP contribution in [0, 0.1) is 5.41 Å². The molecule has 0 spiro atoms. The Labute approximate surface area is 99.4 Å². The minimum Gasteiger partial charge on any atom is -0.392 e. The molecule has 0 aromatic heterocycles. The van der Waals surface area contributed by atoms with Gasteiger partial charge in [-0.05, 0) is 11.8 Å². The van der Waals surface area contributed by atoms with Crippen LogP contribution < -0.4 is 5.32 Å². The fraction of sp³-hybridized carbons (Fsp3) is 1.00. The third-order valence-electron chi connectivity index (χ3n) is 2.26. The van der Waals surface area contributed by atoms with Crippen molar-refractivity contribution < 1.29 is 13.5 Å². The van der Waals surface area contributed by atoms with Gasteiger partial charge < -0.3 is 10.4 Å². The zero-order valence-corrected chi connectivity index (χ0v) is 11.6. The average molecular weight is 251 g/mol. The summed E-state index contributed by atoms with van der Waals surface area (Å²) in [6, 6.07) is 0. The Hall–Kier alpha value is -0.130. The number of hydrogen-bond donors (Lipinski definition) is 2. The molecule has 0 aliphatic rings. The van der Waals surface area contributed by atoms with Crippen LogP contribution in [0.2, 0.25) is 0 Å². The molecule has 0 radical (unpaired) electrons. The SMILES string of the molecule is CCS(=O)(=O)CCNCC(O)CC(C)(C)C. The van der Waals surface area contributed by atoms with Gasteiger partial charge in [0, 0.05) is 18.8 Å². The fourth-order valence-electron chi connectivity index (χ4n) is 1.42. The topological polar surface area (TPSA) is 66.4 Å². The number of rotatable bonds is 7. The van der Waals surface area contributed by atoms with Gasteiger partial charge in [0.1, 0.15) is 0 Å². The molecule has 1 atom stereocenters. The van der Waals surface area contributed by atoms with Crippen LogP contribution in [-0.2, 0) is 9.84 Å². The molecule has 0 aliphatic carbocycles. The Kier molecular flexibility index (Phi) is 6.51. The third-order valence-corrected chi connectivity index (χ3v) is 3.96. The van der Waals surface area contributed by atoms with Crippen molar-refractivity contribution in [1.29, 1.82) is 0 Å². The highest BCUT2D eigenvalue weighted by Gasteiger charge is 2.16. The number of aliphatic hydroxyl groups excluding tert-OH is 1. The Morgan fingerprint density at radius 1 is 1.31 bits per heavy atom. The zero-order chi connectivity index (χ0) is 12.8. The molecule has 4 nitrogen and oxygen atoms in total. The first-order valence-electron chi connectivity index (χ1n) is 5.75. The minimum absolute atomic E-state index is 0.0938. The molecule has 0 aromatic rings. The Balaban J connectivity index is 3.68. The molecule has 0 aliphatic heterocycles. The first kappa shape index (κ1) is 15.9. The predicted molar refractivity (Wildman–Crippen MR) is 67.3 cm³/mol. The van der Waals surface area contributed by atoms with Crippen molar-refractivity contribution in [3.63, 3.8) is 0 Å². The van der Waals surface area contributed by atoms with Gasteiger partial charge in [0.2, 0.25) is 0 Å².